The second-order valence-corrected chi connectivity index (χ2v) is 6.33. The van der Waals surface area contributed by atoms with Gasteiger partial charge in [0.05, 0.1) is 17.5 Å². The van der Waals surface area contributed by atoms with Crippen LogP contribution in [0.2, 0.25) is 0 Å². The summed E-state index contributed by atoms with van der Waals surface area (Å²) in [5.74, 6) is 0.749. The van der Waals surface area contributed by atoms with Crippen LogP contribution >= 0.6 is 0 Å². The van der Waals surface area contributed by atoms with Crippen molar-refractivity contribution in [3.05, 3.63) is 11.4 Å². The smallest absolute Gasteiger partial charge is 0.276 e. The van der Waals surface area contributed by atoms with E-state index < -0.39 is 0 Å². The Bertz CT molecular complexity index is 525. The lowest BCUT2D eigenvalue weighted by Gasteiger charge is -2.17. The zero-order chi connectivity index (χ0) is 14.4. The predicted octanol–water partition coefficient (Wildman–Crippen LogP) is 0.958. The number of nitrogens with zero attached hydrogens (tertiary/aromatic N) is 2. The van der Waals surface area contributed by atoms with Crippen molar-refractivity contribution in [2.75, 3.05) is 18.8 Å². The van der Waals surface area contributed by atoms with E-state index in [1.54, 1.807) is 4.90 Å². The van der Waals surface area contributed by atoms with Crippen LogP contribution in [0, 0.1) is 11.8 Å². The van der Waals surface area contributed by atoms with Crippen molar-refractivity contribution in [2.24, 2.45) is 11.8 Å². The van der Waals surface area contributed by atoms with Crippen LogP contribution in [0.3, 0.4) is 0 Å². The van der Waals surface area contributed by atoms with E-state index in [0.29, 0.717) is 30.4 Å². The topological polar surface area (TPSA) is 95.2 Å². The highest BCUT2D eigenvalue weighted by atomic mass is 16.3. The summed E-state index contributed by atoms with van der Waals surface area (Å²) in [7, 11) is 0. The highest BCUT2D eigenvalue weighted by Gasteiger charge is 2.44. The quantitative estimate of drug-likeness (QED) is 0.751. The van der Waals surface area contributed by atoms with E-state index in [9.17, 15) is 9.90 Å². The maximum Gasteiger partial charge on any atom is 0.276 e. The van der Waals surface area contributed by atoms with E-state index in [2.05, 4.69) is 10.2 Å². The van der Waals surface area contributed by atoms with E-state index in [0.717, 1.165) is 18.5 Å². The lowest BCUT2D eigenvalue weighted by atomic mass is 10.00. The fourth-order valence-corrected chi connectivity index (χ4v) is 3.52. The number of likely N-dealkylation sites (tertiary alicyclic amines) is 1. The molecule has 4 N–H and O–H groups in total. The normalized spacial score (nSPS) is 29.2. The number of carbonyl (C=O) groups is 1. The molecule has 2 fully saturated rings. The van der Waals surface area contributed by atoms with Gasteiger partial charge in [-0.05, 0) is 24.7 Å². The first-order chi connectivity index (χ1) is 9.49. The van der Waals surface area contributed by atoms with Crippen molar-refractivity contribution in [3.8, 4) is 0 Å². The summed E-state index contributed by atoms with van der Waals surface area (Å²) in [6, 6.07) is 0. The molecule has 2 aliphatic rings. The van der Waals surface area contributed by atoms with Crippen LogP contribution in [0.5, 0.6) is 0 Å². The number of hydrogen-bond acceptors (Lipinski definition) is 4. The maximum atomic E-state index is 12.5. The summed E-state index contributed by atoms with van der Waals surface area (Å²) in [4.78, 5) is 14.3. The van der Waals surface area contributed by atoms with Gasteiger partial charge in [-0.2, -0.15) is 5.10 Å². The average Bonchev–Trinajstić information content (AvgIpc) is 3.05. The molecule has 0 bridgehead atoms. The number of amides is 1. The fraction of sp³-hybridized carbons (Fsp3) is 0.714. The number of anilines is 1. The van der Waals surface area contributed by atoms with Crippen molar-refractivity contribution in [2.45, 2.75) is 38.7 Å². The van der Waals surface area contributed by atoms with Crippen molar-refractivity contribution in [1.29, 1.82) is 0 Å². The van der Waals surface area contributed by atoms with Gasteiger partial charge in [0, 0.05) is 19.0 Å². The van der Waals surface area contributed by atoms with Gasteiger partial charge in [-0.3, -0.25) is 9.89 Å². The number of H-pyrrole nitrogens is 1. The Morgan fingerprint density at radius 2 is 2.20 bits per heavy atom. The Balaban J connectivity index is 1.77. The van der Waals surface area contributed by atoms with Crippen molar-refractivity contribution in [1.82, 2.24) is 15.1 Å². The molecule has 3 rings (SSSR count). The van der Waals surface area contributed by atoms with Crippen molar-refractivity contribution < 1.29 is 9.90 Å². The molecule has 110 valence electrons. The molecule has 0 spiro atoms. The molecule has 20 heavy (non-hydrogen) atoms. The fourth-order valence-electron chi connectivity index (χ4n) is 3.52. The second-order valence-electron chi connectivity index (χ2n) is 6.33. The standard InChI is InChI=1S/C14H22N4O2/c1-7(2)12-11(15)13(17-16-12)14(20)18-5-8-3-4-10(19)9(8)6-18/h7-10,19H,3-6,15H2,1-2H3,(H,16,17). The number of carbonyl (C=O) groups excluding carboxylic acids is 1. The van der Waals surface area contributed by atoms with Crippen molar-refractivity contribution >= 4 is 11.6 Å². The molecule has 6 heteroatoms. The minimum Gasteiger partial charge on any atom is -0.395 e. The molecular formula is C14H22N4O2. The molecule has 3 atom stereocenters. The summed E-state index contributed by atoms with van der Waals surface area (Å²) in [6.45, 7) is 5.35. The molecular weight excluding hydrogens is 256 g/mol. The third-order valence-electron chi connectivity index (χ3n) is 4.72. The molecule has 6 nitrogen and oxygen atoms in total. The molecule has 0 aromatic carbocycles. The Kier molecular flexibility index (Phi) is 3.20. The zero-order valence-corrected chi connectivity index (χ0v) is 12.0. The summed E-state index contributed by atoms with van der Waals surface area (Å²) in [6.07, 6.45) is 1.60. The lowest BCUT2D eigenvalue weighted by molar-refractivity contribution is 0.0747. The number of aliphatic hydroxyl groups excluding tert-OH is 1. The van der Waals surface area contributed by atoms with Crippen LogP contribution in [-0.2, 0) is 0 Å². The van der Waals surface area contributed by atoms with E-state index in [1.165, 1.54) is 0 Å². The van der Waals surface area contributed by atoms with E-state index >= 15 is 0 Å². The second kappa shape index (κ2) is 4.77. The number of aromatic amines is 1. The number of nitrogens with one attached hydrogen (secondary N) is 1. The van der Waals surface area contributed by atoms with Crippen molar-refractivity contribution in [3.63, 3.8) is 0 Å². The van der Waals surface area contributed by atoms with E-state index in [4.69, 9.17) is 5.73 Å². The molecule has 0 radical (unpaired) electrons. The van der Waals surface area contributed by atoms with Crippen LogP contribution in [-0.4, -0.2) is 45.3 Å². The number of aliphatic hydroxyl groups is 1. The number of rotatable bonds is 2. The minimum atomic E-state index is -0.263. The SMILES string of the molecule is CC(C)c1[nH]nc(C(=O)N2CC3CCC(O)C3C2)c1N. The first kappa shape index (κ1) is 13.4. The Morgan fingerprint density at radius 1 is 1.45 bits per heavy atom. The molecule has 1 amide bonds. The summed E-state index contributed by atoms with van der Waals surface area (Å²) >= 11 is 0. The maximum absolute atomic E-state index is 12.5. The monoisotopic (exact) mass is 278 g/mol. The largest absolute Gasteiger partial charge is 0.395 e. The van der Waals surface area contributed by atoms with Gasteiger partial charge in [0.25, 0.3) is 5.91 Å². The Hall–Kier alpha value is -1.56. The first-order valence-corrected chi connectivity index (χ1v) is 7.30. The Morgan fingerprint density at radius 3 is 2.80 bits per heavy atom. The molecule has 2 heterocycles. The summed E-state index contributed by atoms with van der Waals surface area (Å²) in [5, 5.41) is 16.9. The number of nitrogens with two attached hydrogens (primary N) is 1. The van der Waals surface area contributed by atoms with Gasteiger partial charge in [-0.15, -0.1) is 0 Å². The summed E-state index contributed by atoms with van der Waals surface area (Å²) in [5.41, 5.74) is 7.62. The first-order valence-electron chi connectivity index (χ1n) is 7.30. The highest BCUT2D eigenvalue weighted by Crippen LogP contribution is 2.38. The highest BCUT2D eigenvalue weighted by molar-refractivity contribution is 5.97. The molecule has 1 aliphatic carbocycles. The lowest BCUT2D eigenvalue weighted by Crippen LogP contribution is -2.31. The molecule has 1 saturated carbocycles. The molecule has 1 aliphatic heterocycles. The van der Waals surface area contributed by atoms with Gasteiger partial charge < -0.3 is 15.7 Å². The van der Waals surface area contributed by atoms with Gasteiger partial charge in [-0.1, -0.05) is 13.8 Å². The Labute approximate surface area is 118 Å². The molecule has 1 aromatic heterocycles. The zero-order valence-electron chi connectivity index (χ0n) is 12.0. The number of aromatic nitrogens is 2. The van der Waals surface area contributed by atoms with Crippen LogP contribution in [0.1, 0.15) is 48.8 Å². The van der Waals surface area contributed by atoms with Gasteiger partial charge in [0.2, 0.25) is 0 Å². The van der Waals surface area contributed by atoms with Crippen LogP contribution in [0.25, 0.3) is 0 Å². The van der Waals surface area contributed by atoms with E-state index in [1.807, 2.05) is 13.8 Å². The van der Waals surface area contributed by atoms with Gasteiger partial charge in [0.1, 0.15) is 0 Å². The number of nitrogen functional groups attached to an aromatic ring is 1. The average molecular weight is 278 g/mol. The molecule has 1 saturated heterocycles. The van der Waals surface area contributed by atoms with Crippen LogP contribution in [0.15, 0.2) is 0 Å². The third-order valence-corrected chi connectivity index (χ3v) is 4.72. The van der Waals surface area contributed by atoms with Gasteiger partial charge in [-0.25, -0.2) is 0 Å². The number of hydrogen-bond donors (Lipinski definition) is 3. The summed E-state index contributed by atoms with van der Waals surface area (Å²) < 4.78 is 0. The van der Waals surface area contributed by atoms with Gasteiger partial charge in [0.15, 0.2) is 5.69 Å². The third kappa shape index (κ3) is 1.98. The predicted molar refractivity (Wildman–Crippen MR) is 75.2 cm³/mol. The molecule has 3 unspecified atom stereocenters. The van der Waals surface area contributed by atoms with E-state index in [-0.39, 0.29) is 23.8 Å². The number of fused-ring (bicyclic) bond motifs is 1. The van der Waals surface area contributed by atoms with Crippen LogP contribution < -0.4 is 5.73 Å². The van der Waals surface area contributed by atoms with Crippen LogP contribution in [0.4, 0.5) is 5.69 Å². The molecule has 1 aromatic rings. The minimum absolute atomic E-state index is 0.118. The van der Waals surface area contributed by atoms with Gasteiger partial charge >= 0.3 is 0 Å².